The van der Waals surface area contributed by atoms with Gasteiger partial charge in [0.05, 0.1) is 0 Å². The molecular formula is C14H16ClF2NO. The second kappa shape index (κ2) is 6.33. The molecular weight excluding hydrogens is 272 g/mol. The third-order valence-electron chi connectivity index (χ3n) is 3.52. The molecule has 1 aliphatic carbocycles. The van der Waals surface area contributed by atoms with Crippen LogP contribution in [0.2, 0.25) is 0 Å². The Morgan fingerprint density at radius 3 is 2.53 bits per heavy atom. The number of rotatable bonds is 4. The molecule has 2 rings (SSSR count). The van der Waals surface area contributed by atoms with Crippen LogP contribution in [0.15, 0.2) is 18.2 Å². The fourth-order valence-electron chi connectivity index (χ4n) is 2.55. The first-order valence-electron chi connectivity index (χ1n) is 6.45. The number of hydrogen-bond donors (Lipinski definition) is 0. The van der Waals surface area contributed by atoms with Gasteiger partial charge in [0, 0.05) is 24.0 Å². The molecule has 1 aromatic carbocycles. The Bertz CT molecular complexity index is 461. The monoisotopic (exact) mass is 287 g/mol. The molecule has 0 bridgehead atoms. The molecule has 0 aromatic heterocycles. The van der Waals surface area contributed by atoms with Gasteiger partial charge in [-0.05, 0) is 31.0 Å². The Balaban J connectivity index is 2.20. The van der Waals surface area contributed by atoms with Crippen molar-refractivity contribution in [2.45, 2.75) is 31.7 Å². The van der Waals surface area contributed by atoms with Crippen LogP contribution in [0.1, 0.15) is 36.0 Å². The summed E-state index contributed by atoms with van der Waals surface area (Å²) < 4.78 is 26.1. The van der Waals surface area contributed by atoms with Crippen molar-refractivity contribution in [3.8, 4) is 0 Å². The van der Waals surface area contributed by atoms with Gasteiger partial charge in [-0.15, -0.1) is 11.6 Å². The van der Waals surface area contributed by atoms with Crippen molar-refractivity contribution in [3.05, 3.63) is 35.4 Å². The van der Waals surface area contributed by atoms with Crippen LogP contribution >= 0.6 is 11.6 Å². The molecule has 19 heavy (non-hydrogen) atoms. The first-order chi connectivity index (χ1) is 9.13. The maximum atomic E-state index is 13.2. The average Bonchev–Trinajstić information content (AvgIpc) is 2.92. The maximum Gasteiger partial charge on any atom is 0.254 e. The van der Waals surface area contributed by atoms with Crippen LogP contribution in [-0.2, 0) is 0 Å². The predicted molar refractivity (Wildman–Crippen MR) is 70.4 cm³/mol. The number of halogens is 3. The molecule has 0 heterocycles. The minimum atomic E-state index is -0.997. The highest BCUT2D eigenvalue weighted by molar-refractivity contribution is 6.18. The summed E-state index contributed by atoms with van der Waals surface area (Å²) in [5.41, 5.74) is 0.177. The van der Waals surface area contributed by atoms with E-state index in [4.69, 9.17) is 11.6 Å². The Hall–Kier alpha value is -1.16. The molecule has 2 nitrogen and oxygen atoms in total. The summed E-state index contributed by atoms with van der Waals surface area (Å²) in [4.78, 5) is 14.1. The number of carbonyl (C=O) groups excluding carboxylic acids is 1. The van der Waals surface area contributed by atoms with E-state index in [1.54, 1.807) is 4.90 Å². The van der Waals surface area contributed by atoms with Crippen LogP contribution < -0.4 is 0 Å². The molecule has 0 unspecified atom stereocenters. The van der Waals surface area contributed by atoms with Gasteiger partial charge >= 0.3 is 0 Å². The fraction of sp³-hybridized carbons (Fsp3) is 0.500. The van der Waals surface area contributed by atoms with E-state index in [1.807, 2.05) is 0 Å². The molecule has 1 saturated carbocycles. The normalized spacial score (nSPS) is 15.7. The standard InChI is InChI=1S/C14H16ClF2NO/c15-7-8-18(11-3-1-2-4-11)14(19)10-5-6-12(16)13(17)9-10/h5-6,9,11H,1-4,7-8H2. The number of nitrogens with zero attached hydrogens (tertiary/aromatic N) is 1. The van der Waals surface area contributed by atoms with Crippen molar-refractivity contribution in [1.82, 2.24) is 4.90 Å². The summed E-state index contributed by atoms with van der Waals surface area (Å²) >= 11 is 5.73. The van der Waals surface area contributed by atoms with E-state index in [-0.39, 0.29) is 17.5 Å². The van der Waals surface area contributed by atoms with Crippen LogP contribution in [-0.4, -0.2) is 29.3 Å². The van der Waals surface area contributed by atoms with Crippen molar-refractivity contribution in [3.63, 3.8) is 0 Å². The first kappa shape index (κ1) is 14.3. The fourth-order valence-corrected chi connectivity index (χ4v) is 2.73. The second-order valence-corrected chi connectivity index (χ2v) is 5.13. The lowest BCUT2D eigenvalue weighted by Crippen LogP contribution is -2.40. The lowest BCUT2D eigenvalue weighted by molar-refractivity contribution is 0.0694. The number of carbonyl (C=O) groups is 1. The van der Waals surface area contributed by atoms with Crippen LogP contribution in [0.25, 0.3) is 0 Å². The Morgan fingerprint density at radius 2 is 1.95 bits per heavy atom. The largest absolute Gasteiger partial charge is 0.334 e. The zero-order chi connectivity index (χ0) is 13.8. The van der Waals surface area contributed by atoms with Crippen molar-refractivity contribution >= 4 is 17.5 Å². The van der Waals surface area contributed by atoms with Crippen molar-refractivity contribution in [2.75, 3.05) is 12.4 Å². The van der Waals surface area contributed by atoms with Gasteiger partial charge < -0.3 is 4.90 Å². The molecule has 0 N–H and O–H groups in total. The second-order valence-electron chi connectivity index (χ2n) is 4.75. The molecule has 0 spiro atoms. The van der Waals surface area contributed by atoms with Crippen LogP contribution in [0, 0.1) is 11.6 Å². The summed E-state index contributed by atoms with van der Waals surface area (Å²) in [6.07, 6.45) is 4.08. The van der Waals surface area contributed by atoms with Gasteiger partial charge in [0.15, 0.2) is 11.6 Å². The van der Waals surface area contributed by atoms with E-state index < -0.39 is 11.6 Å². The van der Waals surface area contributed by atoms with Gasteiger partial charge in [-0.2, -0.15) is 0 Å². The Labute approximate surface area is 116 Å². The van der Waals surface area contributed by atoms with Crippen LogP contribution in [0.4, 0.5) is 8.78 Å². The minimum absolute atomic E-state index is 0.166. The van der Waals surface area contributed by atoms with Crippen LogP contribution in [0.3, 0.4) is 0 Å². The molecule has 1 fully saturated rings. The summed E-state index contributed by atoms with van der Waals surface area (Å²) in [5.74, 6) is -1.87. The van der Waals surface area contributed by atoms with E-state index in [2.05, 4.69) is 0 Å². The van der Waals surface area contributed by atoms with Crippen molar-refractivity contribution in [1.29, 1.82) is 0 Å². The molecule has 1 amide bonds. The van der Waals surface area contributed by atoms with Gasteiger partial charge in [-0.3, -0.25) is 4.79 Å². The zero-order valence-corrected chi connectivity index (χ0v) is 11.3. The van der Waals surface area contributed by atoms with Gasteiger partial charge in [0.2, 0.25) is 0 Å². The van der Waals surface area contributed by atoms with E-state index in [0.29, 0.717) is 12.4 Å². The third-order valence-corrected chi connectivity index (χ3v) is 3.69. The lowest BCUT2D eigenvalue weighted by Gasteiger charge is -2.28. The molecule has 104 valence electrons. The van der Waals surface area contributed by atoms with Gasteiger partial charge in [-0.1, -0.05) is 12.8 Å². The van der Waals surface area contributed by atoms with Crippen molar-refractivity contribution in [2.24, 2.45) is 0 Å². The lowest BCUT2D eigenvalue weighted by atomic mass is 10.1. The summed E-state index contributed by atoms with van der Waals surface area (Å²) in [6, 6.07) is 3.42. The van der Waals surface area contributed by atoms with Crippen LogP contribution in [0.5, 0.6) is 0 Å². The SMILES string of the molecule is O=C(c1ccc(F)c(F)c1)N(CCCl)C1CCCC1. The van der Waals surface area contributed by atoms with Crippen molar-refractivity contribution < 1.29 is 13.6 Å². The number of alkyl halides is 1. The van der Waals surface area contributed by atoms with Gasteiger partial charge in [-0.25, -0.2) is 8.78 Å². The van der Waals surface area contributed by atoms with E-state index in [0.717, 1.165) is 37.8 Å². The number of amides is 1. The van der Waals surface area contributed by atoms with E-state index >= 15 is 0 Å². The van der Waals surface area contributed by atoms with Gasteiger partial charge in [0.25, 0.3) is 5.91 Å². The number of hydrogen-bond acceptors (Lipinski definition) is 1. The highest BCUT2D eigenvalue weighted by Crippen LogP contribution is 2.25. The molecule has 0 aliphatic heterocycles. The molecule has 0 radical (unpaired) electrons. The summed E-state index contributed by atoms with van der Waals surface area (Å²) in [7, 11) is 0. The predicted octanol–water partition coefficient (Wildman–Crippen LogP) is 3.59. The molecule has 5 heteroatoms. The molecule has 1 aromatic rings. The first-order valence-corrected chi connectivity index (χ1v) is 6.99. The maximum absolute atomic E-state index is 13.2. The molecule has 0 saturated heterocycles. The Kier molecular flexibility index (Phi) is 4.75. The summed E-state index contributed by atoms with van der Waals surface area (Å²) in [5, 5.41) is 0. The molecule has 0 atom stereocenters. The quantitative estimate of drug-likeness (QED) is 0.775. The Morgan fingerprint density at radius 1 is 1.26 bits per heavy atom. The third kappa shape index (κ3) is 3.24. The summed E-state index contributed by atoms with van der Waals surface area (Å²) in [6.45, 7) is 0.435. The smallest absolute Gasteiger partial charge is 0.254 e. The highest BCUT2D eigenvalue weighted by atomic mass is 35.5. The van der Waals surface area contributed by atoms with Gasteiger partial charge in [0.1, 0.15) is 0 Å². The van der Waals surface area contributed by atoms with E-state index in [1.165, 1.54) is 6.07 Å². The highest BCUT2D eigenvalue weighted by Gasteiger charge is 2.27. The minimum Gasteiger partial charge on any atom is -0.334 e. The van der Waals surface area contributed by atoms with E-state index in [9.17, 15) is 13.6 Å². The average molecular weight is 288 g/mol. The molecule has 1 aliphatic rings. The topological polar surface area (TPSA) is 20.3 Å². The number of benzene rings is 1. The zero-order valence-electron chi connectivity index (χ0n) is 10.5.